The topological polar surface area (TPSA) is 62.3 Å². The lowest BCUT2D eigenvalue weighted by molar-refractivity contribution is -0.130. The summed E-state index contributed by atoms with van der Waals surface area (Å²) in [6.07, 6.45) is 0.927. The van der Waals surface area contributed by atoms with Crippen LogP contribution in [0.5, 0.6) is 0 Å². The van der Waals surface area contributed by atoms with Crippen molar-refractivity contribution in [1.82, 2.24) is 15.2 Å². The number of rotatable bonds is 4. The number of nitrogens with zero attached hydrogens (tertiary/aromatic N) is 2. The fourth-order valence-corrected chi connectivity index (χ4v) is 2.66. The molecular weight excluding hydrogens is 316 g/mol. The third-order valence-corrected chi connectivity index (χ3v) is 3.92. The number of carbonyl (C=O) groups excluding carboxylic acids is 2. The highest BCUT2D eigenvalue weighted by Crippen LogP contribution is 2.21. The number of carbonyl (C=O) groups is 2. The fourth-order valence-electron chi connectivity index (χ4n) is 2.66. The Bertz CT molecular complexity index is 768. The average molecular weight is 331 g/mol. The number of urea groups is 1. The second-order valence-corrected chi connectivity index (χ2v) is 5.47. The molecule has 1 aliphatic rings. The number of amides is 3. The number of benzene rings is 1. The summed E-state index contributed by atoms with van der Waals surface area (Å²) >= 11 is 0. The predicted octanol–water partition coefficient (Wildman–Crippen LogP) is 2.24. The van der Waals surface area contributed by atoms with E-state index in [0.29, 0.717) is 0 Å². The lowest BCUT2D eigenvalue weighted by atomic mass is 9.96. The van der Waals surface area contributed by atoms with Crippen molar-refractivity contribution in [3.63, 3.8) is 0 Å². The van der Waals surface area contributed by atoms with Gasteiger partial charge in [-0.05, 0) is 5.56 Å². The summed E-state index contributed by atoms with van der Waals surface area (Å²) in [5, 5.41) is 2.66. The Morgan fingerprint density at radius 1 is 1.21 bits per heavy atom. The smallest absolute Gasteiger partial charge is 0.324 e. The zero-order valence-corrected chi connectivity index (χ0v) is 12.7. The van der Waals surface area contributed by atoms with Crippen molar-refractivity contribution in [3.8, 4) is 0 Å². The van der Waals surface area contributed by atoms with Crippen molar-refractivity contribution in [3.05, 3.63) is 65.5 Å². The van der Waals surface area contributed by atoms with Crippen molar-refractivity contribution in [2.24, 2.45) is 0 Å². The summed E-state index contributed by atoms with van der Waals surface area (Å²) in [5.74, 6) is -2.38. The van der Waals surface area contributed by atoms with Gasteiger partial charge >= 0.3 is 6.03 Å². The molecule has 1 saturated heterocycles. The molecule has 2 heterocycles. The van der Waals surface area contributed by atoms with Crippen LogP contribution in [0.3, 0.4) is 0 Å². The quantitative estimate of drug-likeness (QED) is 0.935. The van der Waals surface area contributed by atoms with Crippen molar-refractivity contribution in [2.75, 3.05) is 13.1 Å². The Hall–Kier alpha value is -2.83. The van der Waals surface area contributed by atoms with Gasteiger partial charge in [0.1, 0.15) is 11.6 Å². The van der Waals surface area contributed by atoms with E-state index in [1.807, 2.05) is 30.3 Å². The van der Waals surface area contributed by atoms with E-state index in [4.69, 9.17) is 0 Å². The molecule has 1 N–H and O–H groups in total. The summed E-state index contributed by atoms with van der Waals surface area (Å²) < 4.78 is 26.5. The van der Waals surface area contributed by atoms with Crippen molar-refractivity contribution >= 4 is 11.9 Å². The minimum absolute atomic E-state index is 0.0128. The summed E-state index contributed by atoms with van der Waals surface area (Å²) in [5.41, 5.74) is 0.817. The first-order valence-electron chi connectivity index (χ1n) is 7.50. The van der Waals surface area contributed by atoms with E-state index in [2.05, 4.69) is 10.3 Å². The predicted molar refractivity (Wildman–Crippen MR) is 82.2 cm³/mol. The van der Waals surface area contributed by atoms with Crippen LogP contribution in [-0.4, -0.2) is 34.9 Å². The van der Waals surface area contributed by atoms with E-state index in [0.717, 1.165) is 22.7 Å². The molecule has 0 radical (unpaired) electrons. The number of halogens is 2. The Balaban J connectivity index is 1.74. The molecule has 0 saturated carbocycles. The van der Waals surface area contributed by atoms with Gasteiger partial charge in [0.2, 0.25) is 5.91 Å². The van der Waals surface area contributed by atoms with Crippen LogP contribution in [-0.2, 0) is 11.2 Å². The zero-order valence-electron chi connectivity index (χ0n) is 12.7. The summed E-state index contributed by atoms with van der Waals surface area (Å²) in [6, 6.07) is 9.33. The van der Waals surface area contributed by atoms with Crippen LogP contribution in [0.25, 0.3) is 0 Å². The maximum atomic E-state index is 13.6. The highest BCUT2D eigenvalue weighted by atomic mass is 19.1. The minimum Gasteiger partial charge on any atom is -0.336 e. The molecule has 2 aromatic rings. The zero-order chi connectivity index (χ0) is 17.1. The Labute approximate surface area is 137 Å². The first kappa shape index (κ1) is 16.0. The summed E-state index contributed by atoms with van der Waals surface area (Å²) in [6.45, 7) is 0.199. The number of pyridine rings is 1. The molecule has 0 bridgehead atoms. The van der Waals surface area contributed by atoms with E-state index < -0.39 is 23.6 Å². The van der Waals surface area contributed by atoms with E-state index in [-0.39, 0.29) is 31.1 Å². The maximum absolute atomic E-state index is 13.6. The van der Waals surface area contributed by atoms with Crippen LogP contribution in [0.2, 0.25) is 0 Å². The molecule has 0 aliphatic carbocycles. The first-order chi connectivity index (χ1) is 11.6. The van der Waals surface area contributed by atoms with Gasteiger partial charge in [-0.15, -0.1) is 0 Å². The monoisotopic (exact) mass is 331 g/mol. The molecule has 0 spiro atoms. The molecule has 1 unspecified atom stereocenters. The van der Waals surface area contributed by atoms with E-state index in [9.17, 15) is 18.4 Å². The number of imide groups is 1. The molecule has 1 aromatic heterocycles. The van der Waals surface area contributed by atoms with Crippen LogP contribution < -0.4 is 5.32 Å². The lowest BCUT2D eigenvalue weighted by Crippen LogP contribution is -2.54. The molecule has 1 fully saturated rings. The Kier molecular flexibility index (Phi) is 4.50. The largest absolute Gasteiger partial charge is 0.336 e. The van der Waals surface area contributed by atoms with E-state index in [1.54, 1.807) is 0 Å². The fraction of sp³-hybridized carbons (Fsp3) is 0.235. The third kappa shape index (κ3) is 3.24. The van der Waals surface area contributed by atoms with Gasteiger partial charge in [0.05, 0.1) is 17.8 Å². The molecule has 3 rings (SSSR count). The molecular formula is C17H15F2N3O2. The second kappa shape index (κ2) is 6.74. The standard InChI is InChI=1S/C17H15F2N3O2/c18-12-8-14(19)15(20-9-12)6-7-22-16(23)13(10-21-17(22)24)11-4-2-1-3-5-11/h1-5,8-9,13H,6-7,10H2,(H,21,24). The van der Waals surface area contributed by atoms with Gasteiger partial charge in [0.25, 0.3) is 0 Å². The third-order valence-electron chi connectivity index (χ3n) is 3.92. The SMILES string of the molecule is O=C1NCC(c2ccccc2)C(=O)N1CCc1ncc(F)cc1F. The van der Waals surface area contributed by atoms with Gasteiger partial charge in [-0.2, -0.15) is 0 Å². The molecule has 1 atom stereocenters. The molecule has 3 amide bonds. The van der Waals surface area contributed by atoms with Gasteiger partial charge in [0.15, 0.2) is 0 Å². The number of nitrogens with one attached hydrogen (secondary N) is 1. The van der Waals surface area contributed by atoms with Crippen LogP contribution in [0, 0.1) is 11.6 Å². The van der Waals surface area contributed by atoms with Crippen LogP contribution >= 0.6 is 0 Å². The van der Waals surface area contributed by atoms with E-state index in [1.165, 1.54) is 0 Å². The molecule has 24 heavy (non-hydrogen) atoms. The van der Waals surface area contributed by atoms with Gasteiger partial charge in [-0.3, -0.25) is 14.7 Å². The Morgan fingerprint density at radius 3 is 2.67 bits per heavy atom. The van der Waals surface area contributed by atoms with Crippen LogP contribution in [0.1, 0.15) is 17.2 Å². The summed E-state index contributed by atoms with van der Waals surface area (Å²) in [4.78, 5) is 29.3. The molecule has 1 aliphatic heterocycles. The highest BCUT2D eigenvalue weighted by molar-refractivity contribution is 6.00. The molecule has 1 aromatic carbocycles. The van der Waals surface area contributed by atoms with Crippen molar-refractivity contribution in [2.45, 2.75) is 12.3 Å². The van der Waals surface area contributed by atoms with Crippen molar-refractivity contribution in [1.29, 1.82) is 0 Å². The summed E-state index contributed by atoms with van der Waals surface area (Å²) in [7, 11) is 0. The normalized spacial score (nSPS) is 17.8. The highest BCUT2D eigenvalue weighted by Gasteiger charge is 2.34. The van der Waals surface area contributed by atoms with Crippen LogP contribution in [0.15, 0.2) is 42.6 Å². The minimum atomic E-state index is -0.792. The first-order valence-corrected chi connectivity index (χ1v) is 7.50. The second-order valence-electron chi connectivity index (χ2n) is 5.47. The van der Waals surface area contributed by atoms with Crippen molar-refractivity contribution < 1.29 is 18.4 Å². The van der Waals surface area contributed by atoms with Gasteiger partial charge in [0, 0.05) is 25.6 Å². The molecule has 5 nitrogen and oxygen atoms in total. The molecule has 124 valence electrons. The van der Waals surface area contributed by atoms with Gasteiger partial charge < -0.3 is 5.32 Å². The Morgan fingerprint density at radius 2 is 1.96 bits per heavy atom. The number of hydrogen-bond donors (Lipinski definition) is 1. The van der Waals surface area contributed by atoms with Gasteiger partial charge in [-0.25, -0.2) is 13.6 Å². The van der Waals surface area contributed by atoms with E-state index >= 15 is 0 Å². The molecule has 7 heteroatoms. The lowest BCUT2D eigenvalue weighted by Gasteiger charge is -2.31. The number of aromatic nitrogens is 1. The number of hydrogen-bond acceptors (Lipinski definition) is 3. The average Bonchev–Trinajstić information content (AvgIpc) is 2.57. The van der Waals surface area contributed by atoms with Crippen LogP contribution in [0.4, 0.5) is 13.6 Å². The maximum Gasteiger partial charge on any atom is 0.324 e. The van der Waals surface area contributed by atoms with Gasteiger partial charge in [-0.1, -0.05) is 30.3 Å².